The molecule has 2 aliphatic heterocycles. The third kappa shape index (κ3) is 17.2. The van der Waals surface area contributed by atoms with Crippen LogP contribution in [-0.4, -0.2) is 81.9 Å². The number of rotatable bonds is 16. The quantitative estimate of drug-likeness (QED) is 0.0851. The lowest BCUT2D eigenvalue weighted by molar-refractivity contribution is -0.127. The maximum atomic E-state index is 13.9. The van der Waals surface area contributed by atoms with Crippen molar-refractivity contribution in [2.24, 2.45) is 0 Å². The molecule has 2 saturated heterocycles. The number of alkyl halides is 9. The lowest BCUT2D eigenvalue weighted by Crippen LogP contribution is -2.29. The lowest BCUT2D eigenvalue weighted by atomic mass is 9.82. The third-order valence-electron chi connectivity index (χ3n) is 22.2. The number of halogens is 9. The smallest absolute Gasteiger partial charge is 0.371 e. The fourth-order valence-electron chi connectivity index (χ4n) is 16.8. The summed E-state index contributed by atoms with van der Waals surface area (Å²) in [4.78, 5) is 4.54. The topological polar surface area (TPSA) is 163 Å². The standard InChI is InChI=1S/C22H23F3N2O2S.2C22H23F2NO2S.C21H22F2N2O2S/c1-16-7-5-8-18(13-16)30(28,29)27-15-17(14-22(23,24)25)21-19(9-6-10-20(21)27)26-11-3-2-4-12-26;2*1-15-7-5-10-17(13-15)28(26,27)25-14-19(22(23)24)21-18(11-6-12-20(21)25)16-8-3-2-4-9-16;1-15-8-3-4-11-19(15)28(26,27)25-14-16(21(22)23)20-17(9-7-10-18(20)25)24-12-5-2-6-13-24/h5-10,13,15H,2-4,11-12,14H2,1H3;2*5-7,10-14,16,22H,2-4,8-9H2,1H3;3-4,7-11,14,21H,2,5-6,12-13H2,1H3. The SMILES string of the molecule is Cc1cccc(S(=O)(=O)n2cc(C(F)F)c3c(C4CCCCC4)cccc32)c1.Cc1cccc(S(=O)(=O)n2cc(C(F)F)c3c(C4CCCCC4)cccc32)c1.Cc1cccc(S(=O)(=O)n2cc(CC(F)(F)F)c3c(N4CCCCC4)cccc32)c1.Cc1ccccc1S(=O)(=O)n1cc(C(F)F)c2c(N3CCCCC3)cccc21. The van der Waals surface area contributed by atoms with Gasteiger partial charge in [-0.15, -0.1) is 0 Å². The first-order valence-electron chi connectivity index (χ1n) is 38.6. The zero-order chi connectivity index (χ0) is 81.2. The average molecular weight is 1650 g/mol. The Morgan fingerprint density at radius 2 is 0.675 bits per heavy atom. The molecule has 0 amide bonds. The molecule has 114 heavy (non-hydrogen) atoms. The first kappa shape index (κ1) is 82.7. The van der Waals surface area contributed by atoms with Gasteiger partial charge < -0.3 is 9.80 Å². The molecule has 0 atom stereocenters. The van der Waals surface area contributed by atoms with Crippen LogP contribution in [0.2, 0.25) is 0 Å². The molecule has 14 nitrogen and oxygen atoms in total. The van der Waals surface area contributed by atoms with E-state index in [2.05, 4.69) is 9.80 Å². The number of hydrogen-bond acceptors (Lipinski definition) is 10. The summed E-state index contributed by atoms with van der Waals surface area (Å²) < 4.78 is 234. The van der Waals surface area contributed by atoms with E-state index in [9.17, 15) is 73.2 Å². The van der Waals surface area contributed by atoms with Gasteiger partial charge in [-0.05, 0) is 222 Å². The molecule has 604 valence electrons. The molecule has 12 aromatic rings. The van der Waals surface area contributed by atoms with E-state index in [1.54, 1.807) is 149 Å². The second-order valence-electron chi connectivity index (χ2n) is 30.1. The Morgan fingerprint density at radius 3 is 1.05 bits per heavy atom. The number of fused-ring (bicyclic) bond motifs is 4. The zero-order valence-corrected chi connectivity index (χ0v) is 67.0. The van der Waals surface area contributed by atoms with Gasteiger partial charge in [0.25, 0.3) is 59.4 Å². The van der Waals surface area contributed by atoms with Crippen LogP contribution < -0.4 is 9.80 Å². The predicted octanol–water partition coefficient (Wildman–Crippen LogP) is 22.7. The van der Waals surface area contributed by atoms with E-state index >= 15 is 0 Å². The van der Waals surface area contributed by atoms with Gasteiger partial charge in [0.2, 0.25) is 0 Å². The number of piperidine rings is 2. The summed E-state index contributed by atoms with van der Waals surface area (Å²) in [6.07, 6.45) is 7.20. The van der Waals surface area contributed by atoms with Crippen molar-refractivity contribution in [1.82, 2.24) is 15.9 Å². The molecule has 2 saturated carbocycles. The molecular weight excluding hydrogens is 1560 g/mol. The van der Waals surface area contributed by atoms with Crippen LogP contribution in [0.4, 0.5) is 50.9 Å². The Morgan fingerprint density at radius 1 is 0.351 bits per heavy atom. The average Bonchev–Trinajstić information content (AvgIpc) is 1.61. The Kier molecular flexibility index (Phi) is 24.8. The van der Waals surface area contributed by atoms with Gasteiger partial charge in [0.15, 0.2) is 0 Å². The maximum Gasteiger partial charge on any atom is 0.393 e. The van der Waals surface area contributed by atoms with Gasteiger partial charge in [-0.25, -0.2) is 75.9 Å². The van der Waals surface area contributed by atoms with Crippen LogP contribution in [0.25, 0.3) is 43.6 Å². The predicted molar refractivity (Wildman–Crippen MR) is 431 cm³/mol. The van der Waals surface area contributed by atoms with Crippen molar-refractivity contribution >= 4 is 95.1 Å². The molecule has 27 heteroatoms. The summed E-state index contributed by atoms with van der Waals surface area (Å²) in [6.45, 7) is 10.2. The van der Waals surface area contributed by atoms with Crippen LogP contribution in [0.1, 0.15) is 189 Å². The van der Waals surface area contributed by atoms with Crippen LogP contribution >= 0.6 is 0 Å². The van der Waals surface area contributed by atoms with Gasteiger partial charge in [-0.1, -0.05) is 130 Å². The molecule has 4 aromatic heterocycles. The number of aryl methyl sites for hydroxylation is 4. The second kappa shape index (κ2) is 34.2. The van der Waals surface area contributed by atoms with Crippen molar-refractivity contribution in [3.05, 3.63) is 250 Å². The molecule has 16 rings (SSSR count). The number of hydrogen-bond donors (Lipinski definition) is 0. The first-order chi connectivity index (χ1) is 54.4. The van der Waals surface area contributed by atoms with E-state index in [0.717, 1.165) is 197 Å². The van der Waals surface area contributed by atoms with E-state index in [4.69, 9.17) is 0 Å². The minimum Gasteiger partial charge on any atom is -0.371 e. The fraction of sp³-hybridized carbons (Fsp3) is 0.356. The van der Waals surface area contributed by atoms with E-state index in [1.807, 2.05) is 18.2 Å². The van der Waals surface area contributed by atoms with Gasteiger partial charge in [0.1, 0.15) is 0 Å². The number of benzene rings is 8. The molecule has 8 aromatic carbocycles. The minimum absolute atomic E-state index is 0.0186. The molecule has 0 unspecified atom stereocenters. The monoisotopic (exact) mass is 1650 g/mol. The van der Waals surface area contributed by atoms with E-state index in [1.165, 1.54) is 30.3 Å². The Balaban J connectivity index is 0.000000133. The number of anilines is 2. The highest BCUT2D eigenvalue weighted by molar-refractivity contribution is 7.91. The van der Waals surface area contributed by atoms with E-state index in [0.29, 0.717) is 55.0 Å². The second-order valence-corrected chi connectivity index (χ2v) is 37.3. The first-order valence-corrected chi connectivity index (χ1v) is 44.4. The number of nitrogens with zero attached hydrogens (tertiary/aromatic N) is 6. The summed E-state index contributed by atoms with van der Waals surface area (Å²) in [6, 6.07) is 46.9. The molecule has 4 aliphatic rings. The summed E-state index contributed by atoms with van der Waals surface area (Å²) in [5, 5.41) is 1.51. The molecule has 2 aliphatic carbocycles. The molecule has 4 fully saturated rings. The summed E-state index contributed by atoms with van der Waals surface area (Å²) in [7, 11) is -16.0. The summed E-state index contributed by atoms with van der Waals surface area (Å²) >= 11 is 0. The largest absolute Gasteiger partial charge is 0.393 e. The van der Waals surface area contributed by atoms with Crippen molar-refractivity contribution in [1.29, 1.82) is 0 Å². The van der Waals surface area contributed by atoms with Crippen LogP contribution in [-0.2, 0) is 46.5 Å². The highest BCUT2D eigenvalue weighted by Gasteiger charge is 2.36. The van der Waals surface area contributed by atoms with Gasteiger partial charge in [-0.3, -0.25) is 0 Å². The molecule has 0 spiro atoms. The van der Waals surface area contributed by atoms with Crippen molar-refractivity contribution < 1.29 is 73.2 Å². The zero-order valence-electron chi connectivity index (χ0n) is 63.7. The van der Waals surface area contributed by atoms with E-state index < -0.39 is 72.0 Å². The molecule has 0 bridgehead atoms. The van der Waals surface area contributed by atoms with Gasteiger partial charge in [-0.2, -0.15) is 13.2 Å². The van der Waals surface area contributed by atoms with Gasteiger partial charge >= 0.3 is 6.18 Å². The minimum atomic E-state index is -4.44. The summed E-state index contributed by atoms with van der Waals surface area (Å²) in [5.41, 5.74) is 6.58. The maximum absolute atomic E-state index is 13.9. The van der Waals surface area contributed by atoms with Gasteiger partial charge in [0, 0.05) is 101 Å². The normalized spacial score (nSPS) is 15.9. The Labute approximate surface area is 660 Å². The van der Waals surface area contributed by atoms with Crippen LogP contribution in [0, 0.1) is 27.7 Å². The molecule has 0 N–H and O–H groups in total. The van der Waals surface area contributed by atoms with Gasteiger partial charge in [0.05, 0.1) is 48.1 Å². The van der Waals surface area contributed by atoms with Crippen molar-refractivity contribution in [2.45, 2.75) is 194 Å². The highest BCUT2D eigenvalue weighted by Crippen LogP contribution is 2.46. The van der Waals surface area contributed by atoms with Crippen molar-refractivity contribution in [3.63, 3.8) is 0 Å². The summed E-state index contributed by atoms with van der Waals surface area (Å²) in [5.74, 6) is 0.403. The molecule has 0 radical (unpaired) electrons. The Bertz CT molecular complexity index is 5790. The third-order valence-corrected chi connectivity index (χ3v) is 29.1. The molecule has 6 heterocycles. The number of aromatic nitrogens is 4. The van der Waals surface area contributed by atoms with Crippen molar-refractivity contribution in [2.75, 3.05) is 36.0 Å². The van der Waals surface area contributed by atoms with Crippen LogP contribution in [0.15, 0.2) is 214 Å². The fourth-order valence-corrected chi connectivity index (χ4v) is 22.8. The van der Waals surface area contributed by atoms with Crippen LogP contribution in [0.5, 0.6) is 0 Å². The van der Waals surface area contributed by atoms with Crippen molar-refractivity contribution in [3.8, 4) is 0 Å². The van der Waals surface area contributed by atoms with E-state index in [-0.39, 0.29) is 59.2 Å². The highest BCUT2D eigenvalue weighted by atomic mass is 32.2. The molecular formula is C87H91F9N6O8S4. The lowest BCUT2D eigenvalue weighted by Gasteiger charge is -2.29. The Hall–Kier alpha value is -9.31. The van der Waals surface area contributed by atoms with Crippen LogP contribution in [0.3, 0.4) is 0 Å².